The van der Waals surface area contributed by atoms with Gasteiger partial charge in [-0.1, -0.05) is 63.1 Å². The zero-order chi connectivity index (χ0) is 20.2. The molecule has 0 aliphatic heterocycles. The van der Waals surface area contributed by atoms with Crippen molar-refractivity contribution in [3.8, 4) is 0 Å². The number of carbonyl (C=O) groups excluding carboxylic acids is 2. The number of hydrogen-bond acceptors (Lipinski definition) is 4. The van der Waals surface area contributed by atoms with Crippen LogP contribution in [0.25, 0.3) is 0 Å². The first-order valence-electron chi connectivity index (χ1n) is 10.2. The van der Waals surface area contributed by atoms with Gasteiger partial charge in [0, 0.05) is 6.42 Å². The fourth-order valence-electron chi connectivity index (χ4n) is 3.03. The molecule has 0 aliphatic carbocycles. The van der Waals surface area contributed by atoms with Gasteiger partial charge in [0.05, 0.1) is 11.1 Å². The Kier molecular flexibility index (Phi) is 9.26. The molecule has 4 heteroatoms. The topological polar surface area (TPSA) is 52.6 Å². The molecule has 2 aromatic rings. The summed E-state index contributed by atoms with van der Waals surface area (Å²) in [4.78, 5) is 24.8. The van der Waals surface area contributed by atoms with Gasteiger partial charge in [-0.05, 0) is 43.5 Å². The Morgan fingerprint density at radius 2 is 1.25 bits per heavy atom. The molecule has 0 saturated carbocycles. The zero-order valence-electron chi connectivity index (χ0n) is 16.8. The molecule has 0 aliphatic rings. The Morgan fingerprint density at radius 3 is 1.71 bits per heavy atom. The Labute approximate surface area is 167 Å². The average Bonchev–Trinajstić information content (AvgIpc) is 2.74. The van der Waals surface area contributed by atoms with Crippen molar-refractivity contribution in [2.45, 2.75) is 64.6 Å². The SMILES string of the molecule is CCCCCC(CC(CC)OC(=O)c1ccccc1)OC(=O)c1ccccc1. The summed E-state index contributed by atoms with van der Waals surface area (Å²) in [6.45, 7) is 4.12. The second-order valence-electron chi connectivity index (χ2n) is 6.93. The smallest absolute Gasteiger partial charge is 0.338 e. The van der Waals surface area contributed by atoms with E-state index in [1.54, 1.807) is 24.3 Å². The highest BCUT2D eigenvalue weighted by Gasteiger charge is 2.23. The predicted molar refractivity (Wildman–Crippen MR) is 110 cm³/mol. The lowest BCUT2D eigenvalue weighted by Crippen LogP contribution is -2.27. The standard InChI is InChI=1S/C24H30O4/c1-3-5-8-17-22(28-24(26)20-15-11-7-12-16-20)18-21(4-2)27-23(25)19-13-9-6-10-14-19/h6-7,9-16,21-22H,3-5,8,17-18H2,1-2H3. The third-order valence-electron chi connectivity index (χ3n) is 4.68. The van der Waals surface area contributed by atoms with Gasteiger partial charge in [0.15, 0.2) is 0 Å². The highest BCUT2D eigenvalue weighted by Crippen LogP contribution is 2.19. The van der Waals surface area contributed by atoms with Crippen molar-refractivity contribution in [3.05, 3.63) is 71.8 Å². The van der Waals surface area contributed by atoms with Crippen LogP contribution in [0.3, 0.4) is 0 Å². The number of ether oxygens (including phenoxy) is 2. The van der Waals surface area contributed by atoms with Gasteiger partial charge in [-0.2, -0.15) is 0 Å². The van der Waals surface area contributed by atoms with Crippen molar-refractivity contribution in [1.82, 2.24) is 0 Å². The second-order valence-corrected chi connectivity index (χ2v) is 6.93. The van der Waals surface area contributed by atoms with Crippen molar-refractivity contribution < 1.29 is 19.1 Å². The number of esters is 2. The van der Waals surface area contributed by atoms with E-state index in [1.807, 2.05) is 43.3 Å². The van der Waals surface area contributed by atoms with Gasteiger partial charge >= 0.3 is 11.9 Å². The van der Waals surface area contributed by atoms with E-state index in [4.69, 9.17) is 9.47 Å². The molecule has 2 atom stereocenters. The number of carbonyl (C=O) groups is 2. The highest BCUT2D eigenvalue weighted by molar-refractivity contribution is 5.90. The van der Waals surface area contributed by atoms with Crippen LogP contribution in [0.1, 0.15) is 73.1 Å². The molecule has 0 heterocycles. The summed E-state index contributed by atoms with van der Waals surface area (Å²) in [5, 5.41) is 0. The molecule has 0 bridgehead atoms. The van der Waals surface area contributed by atoms with E-state index >= 15 is 0 Å². The van der Waals surface area contributed by atoms with Crippen LogP contribution in [-0.4, -0.2) is 24.1 Å². The molecule has 0 radical (unpaired) electrons. The molecule has 2 rings (SSSR count). The molecule has 0 amide bonds. The molecule has 2 unspecified atom stereocenters. The summed E-state index contributed by atoms with van der Waals surface area (Å²) in [7, 11) is 0. The second kappa shape index (κ2) is 12.0. The number of benzene rings is 2. The molecule has 0 saturated heterocycles. The molecule has 0 spiro atoms. The van der Waals surface area contributed by atoms with Gasteiger partial charge in [-0.3, -0.25) is 0 Å². The zero-order valence-corrected chi connectivity index (χ0v) is 16.8. The maximum absolute atomic E-state index is 12.5. The molecular formula is C24H30O4. The van der Waals surface area contributed by atoms with Crippen molar-refractivity contribution in [2.75, 3.05) is 0 Å². The maximum atomic E-state index is 12.5. The van der Waals surface area contributed by atoms with Crippen LogP contribution in [0, 0.1) is 0 Å². The summed E-state index contributed by atoms with van der Waals surface area (Å²) in [5.74, 6) is -0.666. The van der Waals surface area contributed by atoms with Crippen molar-refractivity contribution in [1.29, 1.82) is 0 Å². The van der Waals surface area contributed by atoms with Gasteiger partial charge in [-0.25, -0.2) is 9.59 Å². The van der Waals surface area contributed by atoms with E-state index < -0.39 is 0 Å². The van der Waals surface area contributed by atoms with E-state index in [2.05, 4.69) is 6.92 Å². The molecular weight excluding hydrogens is 352 g/mol. The molecule has 150 valence electrons. The predicted octanol–water partition coefficient (Wildman–Crippen LogP) is 5.82. The molecule has 0 N–H and O–H groups in total. The van der Waals surface area contributed by atoms with Crippen LogP contribution in [0.15, 0.2) is 60.7 Å². The highest BCUT2D eigenvalue weighted by atomic mass is 16.6. The Bertz CT molecular complexity index is 712. The van der Waals surface area contributed by atoms with Gasteiger partial charge in [0.2, 0.25) is 0 Å². The van der Waals surface area contributed by atoms with Crippen LogP contribution in [0.2, 0.25) is 0 Å². The van der Waals surface area contributed by atoms with Crippen LogP contribution < -0.4 is 0 Å². The van der Waals surface area contributed by atoms with Crippen molar-refractivity contribution >= 4 is 11.9 Å². The fourth-order valence-corrected chi connectivity index (χ4v) is 3.03. The van der Waals surface area contributed by atoms with Gasteiger partial charge in [-0.15, -0.1) is 0 Å². The number of hydrogen-bond donors (Lipinski definition) is 0. The van der Waals surface area contributed by atoms with Gasteiger partial charge in [0.25, 0.3) is 0 Å². The summed E-state index contributed by atoms with van der Waals surface area (Å²) < 4.78 is 11.5. The van der Waals surface area contributed by atoms with Gasteiger partial charge < -0.3 is 9.47 Å². The third kappa shape index (κ3) is 7.18. The summed E-state index contributed by atoms with van der Waals surface area (Å²) in [6.07, 6.45) is 4.55. The Balaban J connectivity index is 2.00. The molecule has 0 fully saturated rings. The Morgan fingerprint density at radius 1 is 0.750 bits per heavy atom. The van der Waals surface area contributed by atoms with Crippen molar-refractivity contribution in [3.63, 3.8) is 0 Å². The summed E-state index contributed by atoms with van der Waals surface area (Å²) >= 11 is 0. The monoisotopic (exact) mass is 382 g/mol. The average molecular weight is 383 g/mol. The molecule has 2 aromatic carbocycles. The summed E-state index contributed by atoms with van der Waals surface area (Å²) in [6, 6.07) is 18.0. The van der Waals surface area contributed by atoms with E-state index in [1.165, 1.54) is 0 Å². The third-order valence-corrected chi connectivity index (χ3v) is 4.68. The van der Waals surface area contributed by atoms with Crippen LogP contribution in [0.4, 0.5) is 0 Å². The first-order chi connectivity index (χ1) is 13.6. The molecule has 28 heavy (non-hydrogen) atoms. The van der Waals surface area contributed by atoms with E-state index in [9.17, 15) is 9.59 Å². The number of unbranched alkanes of at least 4 members (excludes halogenated alkanes) is 2. The quantitative estimate of drug-likeness (QED) is 0.363. The van der Waals surface area contributed by atoms with E-state index in [-0.39, 0.29) is 24.1 Å². The largest absolute Gasteiger partial charge is 0.459 e. The molecule has 4 nitrogen and oxygen atoms in total. The van der Waals surface area contributed by atoms with E-state index in [0.29, 0.717) is 24.0 Å². The van der Waals surface area contributed by atoms with Crippen LogP contribution in [0.5, 0.6) is 0 Å². The molecule has 0 aromatic heterocycles. The maximum Gasteiger partial charge on any atom is 0.338 e. The minimum atomic E-state index is -0.339. The minimum absolute atomic E-state index is 0.271. The minimum Gasteiger partial charge on any atom is -0.459 e. The van der Waals surface area contributed by atoms with Crippen LogP contribution >= 0.6 is 0 Å². The lowest BCUT2D eigenvalue weighted by Gasteiger charge is -2.23. The first kappa shape index (κ1) is 21.7. The first-order valence-corrected chi connectivity index (χ1v) is 10.2. The van der Waals surface area contributed by atoms with E-state index in [0.717, 1.165) is 25.7 Å². The van der Waals surface area contributed by atoms with Crippen LogP contribution in [-0.2, 0) is 9.47 Å². The van der Waals surface area contributed by atoms with Crippen molar-refractivity contribution in [2.24, 2.45) is 0 Å². The normalized spacial score (nSPS) is 12.8. The lowest BCUT2D eigenvalue weighted by molar-refractivity contribution is -0.00339. The fraction of sp³-hybridized carbons (Fsp3) is 0.417. The van der Waals surface area contributed by atoms with Gasteiger partial charge in [0.1, 0.15) is 12.2 Å². The Hall–Kier alpha value is -2.62. The lowest BCUT2D eigenvalue weighted by atomic mass is 10.0. The summed E-state index contributed by atoms with van der Waals surface area (Å²) in [5.41, 5.74) is 1.07. The number of rotatable bonds is 11.